The molecule has 0 aliphatic rings. The number of benzene rings is 1. The highest BCUT2D eigenvalue weighted by Gasteiger charge is 2.31. The molecule has 172 valence electrons. The lowest BCUT2D eigenvalue weighted by atomic mass is 10.2. The number of aromatic nitrogens is 5. The summed E-state index contributed by atoms with van der Waals surface area (Å²) in [5.74, 6) is 0.710. The molecule has 0 saturated carbocycles. The van der Waals surface area contributed by atoms with Gasteiger partial charge in [-0.2, -0.15) is 10.1 Å². The number of hydrogen-bond donors (Lipinski definition) is 2. The summed E-state index contributed by atoms with van der Waals surface area (Å²) in [6.45, 7) is 2.77. The first-order chi connectivity index (χ1) is 15.8. The number of hydrogen-bond acceptors (Lipinski definition) is 8. The van der Waals surface area contributed by atoms with Crippen molar-refractivity contribution in [1.29, 1.82) is 0 Å². The number of alkyl halides is 3. The Labute approximate surface area is 185 Å². The van der Waals surface area contributed by atoms with Crippen LogP contribution in [0.5, 0.6) is 5.75 Å². The summed E-state index contributed by atoms with van der Waals surface area (Å²) in [6.07, 6.45) is -3.09. The van der Waals surface area contributed by atoms with Crippen LogP contribution in [0.15, 0.2) is 53.2 Å². The van der Waals surface area contributed by atoms with Crippen LogP contribution in [0.25, 0.3) is 23.0 Å². The smallest absolute Gasteiger partial charge is 0.406 e. The van der Waals surface area contributed by atoms with E-state index in [9.17, 15) is 13.2 Å². The van der Waals surface area contributed by atoms with Gasteiger partial charge in [-0.05, 0) is 55.0 Å². The van der Waals surface area contributed by atoms with Gasteiger partial charge in [0.15, 0.2) is 5.69 Å². The highest BCUT2D eigenvalue weighted by molar-refractivity contribution is 5.59. The van der Waals surface area contributed by atoms with Gasteiger partial charge >= 0.3 is 6.36 Å². The van der Waals surface area contributed by atoms with Crippen LogP contribution in [0.2, 0.25) is 0 Å². The van der Waals surface area contributed by atoms with Gasteiger partial charge in [-0.3, -0.25) is 4.68 Å². The number of pyridine rings is 1. The summed E-state index contributed by atoms with van der Waals surface area (Å²) < 4.78 is 47.9. The quantitative estimate of drug-likeness (QED) is 0.410. The second kappa shape index (κ2) is 9.28. The van der Waals surface area contributed by atoms with Crippen molar-refractivity contribution in [2.24, 2.45) is 0 Å². The first-order valence-electron chi connectivity index (χ1n) is 9.85. The Kier molecular flexibility index (Phi) is 6.27. The minimum absolute atomic E-state index is 0.00514. The number of aliphatic hydroxyl groups excluding tert-OH is 1. The zero-order valence-electron chi connectivity index (χ0n) is 17.4. The van der Waals surface area contributed by atoms with Crippen LogP contribution < -0.4 is 10.1 Å². The summed E-state index contributed by atoms with van der Waals surface area (Å²) in [6, 6.07) is 10.7. The van der Waals surface area contributed by atoms with E-state index in [-0.39, 0.29) is 24.1 Å². The molecule has 0 aliphatic heterocycles. The van der Waals surface area contributed by atoms with Gasteiger partial charge in [0.25, 0.3) is 5.89 Å². The Morgan fingerprint density at radius 1 is 1.15 bits per heavy atom. The Balaban J connectivity index is 1.49. The Morgan fingerprint density at radius 3 is 2.67 bits per heavy atom. The van der Waals surface area contributed by atoms with E-state index in [1.165, 1.54) is 24.3 Å². The predicted octanol–water partition coefficient (Wildman–Crippen LogP) is 3.65. The maximum Gasteiger partial charge on any atom is 0.573 e. The summed E-state index contributed by atoms with van der Waals surface area (Å²) in [7, 11) is 0. The second-order valence-corrected chi connectivity index (χ2v) is 7.02. The number of aliphatic hydroxyl groups is 1. The zero-order valence-corrected chi connectivity index (χ0v) is 17.4. The largest absolute Gasteiger partial charge is 0.573 e. The number of ether oxygens (including phenoxy) is 1. The molecule has 3 aromatic heterocycles. The van der Waals surface area contributed by atoms with Crippen molar-refractivity contribution in [3.63, 3.8) is 0 Å². The molecule has 4 aromatic rings. The van der Waals surface area contributed by atoms with Crippen LogP contribution >= 0.6 is 0 Å². The number of halogens is 3. The average Bonchev–Trinajstić information content (AvgIpc) is 3.39. The molecule has 0 spiro atoms. The van der Waals surface area contributed by atoms with Gasteiger partial charge in [-0.15, -0.1) is 13.2 Å². The van der Waals surface area contributed by atoms with Crippen molar-refractivity contribution in [1.82, 2.24) is 24.9 Å². The second-order valence-electron chi connectivity index (χ2n) is 7.02. The highest BCUT2D eigenvalue weighted by atomic mass is 19.4. The summed E-state index contributed by atoms with van der Waals surface area (Å²) in [5, 5.41) is 20.4. The molecule has 0 radical (unpaired) electrons. The van der Waals surface area contributed by atoms with Gasteiger partial charge in [0.1, 0.15) is 11.6 Å². The predicted molar refractivity (Wildman–Crippen MR) is 111 cm³/mol. The summed E-state index contributed by atoms with van der Waals surface area (Å²) in [5.41, 5.74) is 2.75. The van der Waals surface area contributed by atoms with Crippen molar-refractivity contribution in [3.05, 3.63) is 59.9 Å². The van der Waals surface area contributed by atoms with Crippen molar-refractivity contribution in [3.8, 4) is 28.7 Å². The molecule has 33 heavy (non-hydrogen) atoms. The van der Waals surface area contributed by atoms with E-state index in [0.29, 0.717) is 30.2 Å². The van der Waals surface area contributed by atoms with Crippen LogP contribution in [0.4, 0.5) is 19.0 Å². The van der Waals surface area contributed by atoms with E-state index in [2.05, 4.69) is 30.3 Å². The van der Waals surface area contributed by atoms with Crippen molar-refractivity contribution >= 4 is 5.82 Å². The van der Waals surface area contributed by atoms with E-state index in [0.717, 1.165) is 11.3 Å². The van der Waals surface area contributed by atoms with Crippen LogP contribution in [-0.4, -0.2) is 49.5 Å². The van der Waals surface area contributed by atoms with E-state index in [1.807, 2.05) is 19.1 Å². The fraction of sp³-hybridized carbons (Fsp3) is 0.238. The molecule has 0 bridgehead atoms. The van der Waals surface area contributed by atoms with E-state index in [4.69, 9.17) is 9.63 Å². The lowest BCUT2D eigenvalue weighted by molar-refractivity contribution is -0.274. The van der Waals surface area contributed by atoms with Crippen LogP contribution in [-0.2, 0) is 6.54 Å². The molecular weight excluding hydrogens is 441 g/mol. The Hall–Kier alpha value is -3.93. The van der Waals surface area contributed by atoms with Crippen molar-refractivity contribution in [2.45, 2.75) is 19.8 Å². The molecule has 0 unspecified atom stereocenters. The fourth-order valence-corrected chi connectivity index (χ4v) is 3.05. The molecule has 0 saturated heterocycles. The average molecular weight is 460 g/mol. The third kappa shape index (κ3) is 5.66. The van der Waals surface area contributed by atoms with E-state index >= 15 is 0 Å². The third-order valence-corrected chi connectivity index (χ3v) is 4.55. The molecule has 2 N–H and O–H groups in total. The minimum Gasteiger partial charge on any atom is -0.406 e. The number of aryl methyl sites for hydroxylation is 1. The number of anilines is 1. The third-order valence-electron chi connectivity index (χ3n) is 4.55. The first-order valence-corrected chi connectivity index (χ1v) is 9.85. The molecule has 0 aliphatic carbocycles. The molecule has 0 fully saturated rings. The number of rotatable bonds is 8. The zero-order chi connectivity index (χ0) is 23.4. The maximum absolute atomic E-state index is 12.3. The molecule has 1 aromatic carbocycles. The number of nitrogens with zero attached hydrogens (tertiary/aromatic N) is 5. The molecule has 4 rings (SSSR count). The van der Waals surface area contributed by atoms with Gasteiger partial charge in [-0.1, -0.05) is 5.16 Å². The Bertz CT molecular complexity index is 1220. The molecule has 9 nitrogen and oxygen atoms in total. The molecule has 12 heteroatoms. The molecule has 0 amide bonds. The summed E-state index contributed by atoms with van der Waals surface area (Å²) >= 11 is 0. The number of nitrogens with one attached hydrogen (secondary N) is 1. The van der Waals surface area contributed by atoms with E-state index < -0.39 is 6.36 Å². The molecular formula is C21H19F3N6O3. The van der Waals surface area contributed by atoms with Crippen molar-refractivity contribution < 1.29 is 27.5 Å². The maximum atomic E-state index is 12.3. The Morgan fingerprint density at radius 2 is 1.94 bits per heavy atom. The molecule has 3 heterocycles. The van der Waals surface area contributed by atoms with Crippen LogP contribution in [0.1, 0.15) is 11.3 Å². The van der Waals surface area contributed by atoms with Crippen LogP contribution in [0, 0.1) is 6.92 Å². The summed E-state index contributed by atoms with van der Waals surface area (Å²) in [4.78, 5) is 8.50. The monoisotopic (exact) mass is 460 g/mol. The van der Waals surface area contributed by atoms with Crippen molar-refractivity contribution in [2.75, 3.05) is 18.5 Å². The SMILES string of the molecule is Cc1cc(-c2nc(-c3ccc(OC(F)(F)F)cc3)no2)nn1Cc1ccnc(NCCO)c1. The van der Waals surface area contributed by atoms with Gasteiger partial charge in [0.05, 0.1) is 13.2 Å². The van der Waals surface area contributed by atoms with Crippen LogP contribution in [0.3, 0.4) is 0 Å². The van der Waals surface area contributed by atoms with Gasteiger partial charge in [-0.25, -0.2) is 4.98 Å². The minimum atomic E-state index is -4.76. The van der Waals surface area contributed by atoms with Gasteiger partial charge < -0.3 is 19.7 Å². The van der Waals surface area contributed by atoms with Gasteiger partial charge in [0.2, 0.25) is 5.82 Å². The van der Waals surface area contributed by atoms with E-state index in [1.54, 1.807) is 16.9 Å². The lowest BCUT2D eigenvalue weighted by Crippen LogP contribution is -2.16. The standard InChI is InChI=1S/C21H19F3N6O3/c1-13-10-17(28-30(13)12-14-6-7-25-18(11-14)26-8-9-31)20-27-19(29-33-20)15-2-4-16(5-3-15)32-21(22,23)24/h2-7,10-11,31H,8-9,12H2,1H3,(H,25,26). The first kappa shape index (κ1) is 22.3. The van der Waals surface area contributed by atoms with Gasteiger partial charge in [0, 0.05) is 24.0 Å². The normalized spacial score (nSPS) is 11.5. The lowest BCUT2D eigenvalue weighted by Gasteiger charge is -2.08. The highest BCUT2D eigenvalue weighted by Crippen LogP contribution is 2.27. The molecule has 0 atom stereocenters. The fourth-order valence-electron chi connectivity index (χ4n) is 3.05. The topological polar surface area (TPSA) is 111 Å².